The van der Waals surface area contributed by atoms with Crippen LogP contribution in [0.15, 0.2) is 48.7 Å². The van der Waals surface area contributed by atoms with Crippen molar-refractivity contribution in [2.45, 2.75) is 27.3 Å². The Kier molecular flexibility index (Phi) is 4.21. The van der Waals surface area contributed by atoms with E-state index in [0.29, 0.717) is 6.54 Å². The van der Waals surface area contributed by atoms with Gasteiger partial charge in [0.05, 0.1) is 12.2 Å². The van der Waals surface area contributed by atoms with Crippen molar-refractivity contribution >= 4 is 22.5 Å². The average Bonchev–Trinajstić information content (AvgIpc) is 2.55. The summed E-state index contributed by atoms with van der Waals surface area (Å²) >= 11 is 0. The Morgan fingerprint density at radius 3 is 2.58 bits per heavy atom. The van der Waals surface area contributed by atoms with Crippen LogP contribution in [0.3, 0.4) is 0 Å². The van der Waals surface area contributed by atoms with E-state index in [-0.39, 0.29) is 0 Å². The van der Waals surface area contributed by atoms with Crippen LogP contribution in [0.1, 0.15) is 22.4 Å². The summed E-state index contributed by atoms with van der Waals surface area (Å²) in [4.78, 5) is 18.1. The predicted molar refractivity (Wildman–Crippen MR) is 98.2 cm³/mol. The summed E-state index contributed by atoms with van der Waals surface area (Å²) in [6.07, 6.45) is 1.82. The molecule has 0 spiro atoms. The second-order valence-corrected chi connectivity index (χ2v) is 6.17. The van der Waals surface area contributed by atoms with Gasteiger partial charge >= 0.3 is 6.03 Å². The van der Waals surface area contributed by atoms with E-state index in [1.807, 2.05) is 43.5 Å². The van der Waals surface area contributed by atoms with Gasteiger partial charge in [0, 0.05) is 22.7 Å². The van der Waals surface area contributed by atoms with Crippen LogP contribution in [0.25, 0.3) is 10.8 Å². The molecule has 2 N–H and O–H groups in total. The Hall–Kier alpha value is -2.88. The van der Waals surface area contributed by atoms with Gasteiger partial charge < -0.3 is 5.73 Å². The van der Waals surface area contributed by atoms with Crippen molar-refractivity contribution < 1.29 is 4.79 Å². The first-order valence-electron chi connectivity index (χ1n) is 7.94. The fraction of sp³-hybridized carbons (Fsp3) is 0.200. The molecule has 0 aliphatic heterocycles. The van der Waals surface area contributed by atoms with Crippen LogP contribution in [-0.2, 0) is 6.54 Å². The number of pyridine rings is 1. The van der Waals surface area contributed by atoms with Gasteiger partial charge in [-0.1, -0.05) is 30.3 Å². The first kappa shape index (κ1) is 16.0. The molecule has 3 aromatic rings. The quantitative estimate of drug-likeness (QED) is 0.784. The van der Waals surface area contributed by atoms with E-state index < -0.39 is 6.03 Å². The molecule has 0 aliphatic carbocycles. The molecule has 4 nitrogen and oxygen atoms in total. The number of primary amides is 1. The summed E-state index contributed by atoms with van der Waals surface area (Å²) in [5, 5.41) is 1.97. The highest BCUT2D eigenvalue weighted by atomic mass is 16.2. The molecule has 0 fully saturated rings. The summed E-state index contributed by atoms with van der Waals surface area (Å²) < 4.78 is 0. The number of carbonyl (C=O) groups excluding carboxylic acids is 1. The minimum atomic E-state index is -0.463. The molecule has 0 saturated carbocycles. The van der Waals surface area contributed by atoms with Gasteiger partial charge in [-0.15, -0.1) is 0 Å². The lowest BCUT2D eigenvalue weighted by Gasteiger charge is -2.23. The zero-order valence-electron chi connectivity index (χ0n) is 14.2. The number of rotatable bonds is 3. The van der Waals surface area contributed by atoms with Gasteiger partial charge in [-0.3, -0.25) is 9.88 Å². The van der Waals surface area contributed by atoms with Gasteiger partial charge in [0.1, 0.15) is 0 Å². The van der Waals surface area contributed by atoms with Crippen LogP contribution >= 0.6 is 0 Å². The molecule has 24 heavy (non-hydrogen) atoms. The van der Waals surface area contributed by atoms with Crippen molar-refractivity contribution in [2.75, 3.05) is 4.90 Å². The molecule has 0 bridgehead atoms. The van der Waals surface area contributed by atoms with E-state index in [0.717, 1.165) is 27.7 Å². The van der Waals surface area contributed by atoms with E-state index >= 15 is 0 Å². The highest BCUT2D eigenvalue weighted by Crippen LogP contribution is 2.28. The molecule has 4 heteroatoms. The number of aromatic nitrogens is 1. The maximum Gasteiger partial charge on any atom is 0.319 e. The molecular weight excluding hydrogens is 298 g/mol. The van der Waals surface area contributed by atoms with Gasteiger partial charge in [-0.25, -0.2) is 4.79 Å². The fourth-order valence-electron chi connectivity index (χ4n) is 2.86. The molecule has 0 unspecified atom stereocenters. The zero-order chi connectivity index (χ0) is 17.3. The molecule has 1 heterocycles. The number of nitrogens with zero attached hydrogens (tertiary/aromatic N) is 2. The number of urea groups is 1. The molecule has 1 aromatic heterocycles. The Morgan fingerprint density at radius 1 is 1.08 bits per heavy atom. The SMILES string of the molecule is Cc1cc2c(N(Cc3ccc(C)c(C)c3)C(N)=O)cccc2cn1. The number of anilines is 1. The number of carbonyl (C=O) groups is 1. The van der Waals surface area contributed by atoms with E-state index in [2.05, 4.69) is 31.0 Å². The summed E-state index contributed by atoms with van der Waals surface area (Å²) in [5.74, 6) is 0. The molecule has 0 aliphatic rings. The van der Waals surface area contributed by atoms with E-state index in [9.17, 15) is 4.79 Å². The average molecular weight is 319 g/mol. The second kappa shape index (κ2) is 6.32. The maximum absolute atomic E-state index is 12.1. The Bertz CT molecular complexity index is 918. The van der Waals surface area contributed by atoms with E-state index in [1.54, 1.807) is 4.90 Å². The number of hydrogen-bond donors (Lipinski definition) is 1. The summed E-state index contributed by atoms with van der Waals surface area (Å²) in [7, 11) is 0. The van der Waals surface area contributed by atoms with Crippen molar-refractivity contribution in [3.05, 3.63) is 71.0 Å². The largest absolute Gasteiger partial charge is 0.351 e. The lowest BCUT2D eigenvalue weighted by molar-refractivity contribution is 0.253. The number of nitrogens with two attached hydrogens (primary N) is 1. The molecule has 2 aromatic carbocycles. The van der Waals surface area contributed by atoms with Crippen LogP contribution in [0, 0.1) is 20.8 Å². The monoisotopic (exact) mass is 319 g/mol. The molecule has 0 saturated heterocycles. The Labute approximate surface area is 141 Å². The van der Waals surface area contributed by atoms with Crippen molar-refractivity contribution in [1.29, 1.82) is 0 Å². The Balaban J connectivity index is 2.07. The van der Waals surface area contributed by atoms with Crippen LogP contribution in [0.2, 0.25) is 0 Å². The number of amides is 2. The van der Waals surface area contributed by atoms with Crippen LogP contribution in [0.5, 0.6) is 0 Å². The number of fused-ring (bicyclic) bond motifs is 1. The van der Waals surface area contributed by atoms with Gasteiger partial charge in [0.15, 0.2) is 0 Å². The topological polar surface area (TPSA) is 59.2 Å². The van der Waals surface area contributed by atoms with Crippen LogP contribution in [-0.4, -0.2) is 11.0 Å². The van der Waals surface area contributed by atoms with Crippen molar-refractivity contribution in [3.63, 3.8) is 0 Å². The predicted octanol–water partition coefficient (Wildman–Crippen LogP) is 4.25. The second-order valence-electron chi connectivity index (χ2n) is 6.17. The third kappa shape index (κ3) is 3.08. The first-order chi connectivity index (χ1) is 11.5. The van der Waals surface area contributed by atoms with E-state index in [1.165, 1.54) is 11.1 Å². The minimum Gasteiger partial charge on any atom is -0.351 e. The van der Waals surface area contributed by atoms with Crippen molar-refractivity contribution in [2.24, 2.45) is 5.73 Å². The fourth-order valence-corrected chi connectivity index (χ4v) is 2.86. The molecule has 0 atom stereocenters. The maximum atomic E-state index is 12.1. The number of hydrogen-bond acceptors (Lipinski definition) is 2. The molecule has 122 valence electrons. The molecule has 2 amide bonds. The molecular formula is C20H21N3O. The third-order valence-corrected chi connectivity index (χ3v) is 4.35. The third-order valence-electron chi connectivity index (χ3n) is 4.35. The van der Waals surface area contributed by atoms with Gasteiger partial charge in [0.2, 0.25) is 0 Å². The summed E-state index contributed by atoms with van der Waals surface area (Å²) in [6, 6.07) is 13.6. The summed E-state index contributed by atoms with van der Waals surface area (Å²) in [6.45, 7) is 6.52. The van der Waals surface area contributed by atoms with Crippen LogP contribution < -0.4 is 10.6 Å². The lowest BCUT2D eigenvalue weighted by Crippen LogP contribution is -2.35. The summed E-state index contributed by atoms with van der Waals surface area (Å²) in [5.41, 5.74) is 10.9. The smallest absolute Gasteiger partial charge is 0.319 e. The molecule has 3 rings (SSSR count). The number of aryl methyl sites for hydroxylation is 3. The highest BCUT2D eigenvalue weighted by Gasteiger charge is 2.16. The van der Waals surface area contributed by atoms with E-state index in [4.69, 9.17) is 5.73 Å². The minimum absolute atomic E-state index is 0.441. The normalized spacial score (nSPS) is 10.8. The van der Waals surface area contributed by atoms with Gasteiger partial charge in [-0.2, -0.15) is 0 Å². The number of benzene rings is 2. The van der Waals surface area contributed by atoms with Crippen molar-refractivity contribution in [3.8, 4) is 0 Å². The first-order valence-corrected chi connectivity index (χ1v) is 7.94. The lowest BCUT2D eigenvalue weighted by atomic mass is 10.0. The Morgan fingerprint density at radius 2 is 1.88 bits per heavy atom. The van der Waals surface area contributed by atoms with Gasteiger partial charge in [-0.05, 0) is 49.6 Å². The van der Waals surface area contributed by atoms with Crippen LogP contribution in [0.4, 0.5) is 10.5 Å². The zero-order valence-corrected chi connectivity index (χ0v) is 14.2. The highest BCUT2D eigenvalue weighted by molar-refractivity contribution is 6.02. The molecule has 0 radical (unpaired) electrons. The van der Waals surface area contributed by atoms with Crippen molar-refractivity contribution in [1.82, 2.24) is 4.98 Å². The van der Waals surface area contributed by atoms with Gasteiger partial charge in [0.25, 0.3) is 0 Å². The standard InChI is InChI=1S/C20H21N3O/c1-13-7-8-16(9-14(13)2)12-23(20(21)24)19-6-4-5-17-11-22-15(3)10-18(17)19/h4-11H,12H2,1-3H3,(H2,21,24).